The number of benzene rings is 1. The minimum atomic E-state index is -2.98. The van der Waals surface area contributed by atoms with E-state index >= 15 is 0 Å². The molecular formula is C22H38IN3O3S. The Kier molecular flexibility index (Phi) is 10.4. The third-order valence-corrected chi connectivity index (χ3v) is 6.32. The largest absolute Gasteiger partial charge is 0.490 e. The Morgan fingerprint density at radius 3 is 2.43 bits per heavy atom. The van der Waals surface area contributed by atoms with E-state index in [-0.39, 0.29) is 41.2 Å². The maximum atomic E-state index is 11.6. The summed E-state index contributed by atoms with van der Waals surface area (Å²) in [6, 6.07) is 6.24. The minimum Gasteiger partial charge on any atom is -0.490 e. The number of halogens is 1. The highest BCUT2D eigenvalue weighted by Gasteiger charge is 2.45. The van der Waals surface area contributed by atoms with Gasteiger partial charge in [0, 0.05) is 37.4 Å². The molecule has 6 nitrogen and oxygen atoms in total. The van der Waals surface area contributed by atoms with Crippen molar-refractivity contribution < 1.29 is 13.2 Å². The van der Waals surface area contributed by atoms with Crippen molar-refractivity contribution in [3.63, 3.8) is 0 Å². The normalized spacial score (nSPS) is 16.6. The molecule has 0 spiro atoms. The Hall–Kier alpha value is -1.03. The fraction of sp³-hybridized carbons (Fsp3) is 0.682. The maximum Gasteiger partial charge on any atom is 0.191 e. The molecule has 8 heteroatoms. The molecule has 2 rings (SSSR count). The Labute approximate surface area is 199 Å². The summed E-state index contributed by atoms with van der Waals surface area (Å²) in [6.45, 7) is 9.77. The average molecular weight is 552 g/mol. The van der Waals surface area contributed by atoms with Crippen LogP contribution in [0.2, 0.25) is 0 Å². The third-order valence-electron chi connectivity index (χ3n) is 5.18. The highest BCUT2D eigenvalue weighted by molar-refractivity contribution is 14.0. The van der Waals surface area contributed by atoms with Crippen LogP contribution >= 0.6 is 24.0 Å². The van der Waals surface area contributed by atoms with Crippen LogP contribution in [0.15, 0.2) is 23.2 Å². The van der Waals surface area contributed by atoms with Gasteiger partial charge in [0.25, 0.3) is 0 Å². The summed E-state index contributed by atoms with van der Waals surface area (Å²) >= 11 is 0. The SMILES string of the molecule is CN=C(NCc1ccc(C)cc1OC(C)CC(C)C)NCC1(CS(C)(=O)=O)CC1.I. The molecule has 0 amide bonds. The average Bonchev–Trinajstić information content (AvgIpc) is 3.33. The number of ether oxygens (including phenoxy) is 1. The summed E-state index contributed by atoms with van der Waals surface area (Å²) in [5, 5.41) is 6.63. The van der Waals surface area contributed by atoms with Gasteiger partial charge in [-0.05, 0) is 50.7 Å². The van der Waals surface area contributed by atoms with Crippen LogP contribution in [-0.4, -0.2) is 46.1 Å². The van der Waals surface area contributed by atoms with Crippen molar-refractivity contribution in [2.45, 2.75) is 59.6 Å². The van der Waals surface area contributed by atoms with E-state index in [0.717, 1.165) is 30.6 Å². The first-order chi connectivity index (χ1) is 13.5. The van der Waals surface area contributed by atoms with Gasteiger partial charge in [-0.25, -0.2) is 8.42 Å². The number of nitrogens with one attached hydrogen (secondary N) is 2. The van der Waals surface area contributed by atoms with Crippen LogP contribution in [0.5, 0.6) is 5.75 Å². The number of hydrogen-bond donors (Lipinski definition) is 2. The molecule has 1 fully saturated rings. The van der Waals surface area contributed by atoms with E-state index in [2.05, 4.69) is 61.5 Å². The van der Waals surface area contributed by atoms with E-state index in [1.54, 1.807) is 7.05 Å². The number of hydrogen-bond acceptors (Lipinski definition) is 4. The van der Waals surface area contributed by atoms with Gasteiger partial charge in [0.15, 0.2) is 5.96 Å². The fourth-order valence-electron chi connectivity index (χ4n) is 3.62. The van der Waals surface area contributed by atoms with Crippen molar-refractivity contribution in [2.75, 3.05) is 25.6 Å². The first-order valence-corrected chi connectivity index (χ1v) is 12.5. The number of rotatable bonds is 10. The van der Waals surface area contributed by atoms with Crippen molar-refractivity contribution in [2.24, 2.45) is 16.3 Å². The van der Waals surface area contributed by atoms with Crippen molar-refractivity contribution in [3.05, 3.63) is 29.3 Å². The summed E-state index contributed by atoms with van der Waals surface area (Å²) in [5.41, 5.74) is 2.10. The minimum absolute atomic E-state index is 0. The highest BCUT2D eigenvalue weighted by atomic mass is 127. The molecule has 2 N–H and O–H groups in total. The Bertz CT molecular complexity index is 821. The van der Waals surface area contributed by atoms with Gasteiger partial charge in [0.1, 0.15) is 15.6 Å². The van der Waals surface area contributed by atoms with Gasteiger partial charge >= 0.3 is 0 Å². The summed E-state index contributed by atoms with van der Waals surface area (Å²) in [6.07, 6.45) is 4.34. The molecule has 0 heterocycles. The first kappa shape index (κ1) is 27.0. The van der Waals surface area contributed by atoms with E-state index in [4.69, 9.17) is 4.74 Å². The van der Waals surface area contributed by atoms with Crippen LogP contribution < -0.4 is 15.4 Å². The van der Waals surface area contributed by atoms with Gasteiger partial charge in [-0.1, -0.05) is 26.0 Å². The van der Waals surface area contributed by atoms with E-state index in [1.165, 1.54) is 11.8 Å². The zero-order valence-electron chi connectivity index (χ0n) is 19.1. The zero-order valence-corrected chi connectivity index (χ0v) is 22.3. The van der Waals surface area contributed by atoms with Crippen molar-refractivity contribution in [1.29, 1.82) is 0 Å². The molecule has 1 saturated carbocycles. The molecule has 172 valence electrons. The van der Waals surface area contributed by atoms with Crippen molar-refractivity contribution in [3.8, 4) is 5.75 Å². The van der Waals surface area contributed by atoms with Crippen LogP contribution in [0, 0.1) is 18.3 Å². The van der Waals surface area contributed by atoms with Crippen molar-refractivity contribution >= 4 is 39.8 Å². The molecule has 1 aromatic rings. The van der Waals surface area contributed by atoms with Crippen molar-refractivity contribution in [1.82, 2.24) is 10.6 Å². The number of aryl methyl sites for hydroxylation is 1. The predicted molar refractivity (Wildman–Crippen MR) is 136 cm³/mol. The quantitative estimate of drug-likeness (QED) is 0.262. The van der Waals surface area contributed by atoms with E-state index in [1.807, 2.05) is 0 Å². The molecule has 30 heavy (non-hydrogen) atoms. The number of aliphatic imine (C=N–C) groups is 1. The van der Waals surface area contributed by atoms with E-state index in [0.29, 0.717) is 25.0 Å². The molecule has 1 aromatic carbocycles. The third kappa shape index (κ3) is 9.41. The van der Waals surface area contributed by atoms with E-state index in [9.17, 15) is 8.42 Å². The number of guanidine groups is 1. The first-order valence-electron chi connectivity index (χ1n) is 10.4. The highest BCUT2D eigenvalue weighted by Crippen LogP contribution is 2.46. The monoisotopic (exact) mass is 551 g/mol. The summed E-state index contributed by atoms with van der Waals surface area (Å²) in [7, 11) is -1.25. The van der Waals surface area contributed by atoms with Gasteiger partial charge < -0.3 is 15.4 Å². The van der Waals surface area contributed by atoms with Crippen LogP contribution in [0.25, 0.3) is 0 Å². The molecular weight excluding hydrogens is 513 g/mol. The van der Waals surface area contributed by atoms with Crippen LogP contribution in [0.1, 0.15) is 51.2 Å². The molecule has 0 bridgehead atoms. The summed E-state index contributed by atoms with van der Waals surface area (Å²) in [4.78, 5) is 4.28. The molecule has 1 unspecified atom stereocenters. The Morgan fingerprint density at radius 1 is 1.23 bits per heavy atom. The van der Waals surface area contributed by atoms with Gasteiger partial charge in [0.2, 0.25) is 0 Å². The molecule has 0 saturated heterocycles. The zero-order chi connectivity index (χ0) is 21.7. The fourth-order valence-corrected chi connectivity index (χ4v) is 5.13. The Balaban J connectivity index is 0.00000450. The van der Waals surface area contributed by atoms with Gasteiger partial charge in [0.05, 0.1) is 11.9 Å². The second-order valence-electron chi connectivity index (χ2n) is 9.02. The lowest BCUT2D eigenvalue weighted by Gasteiger charge is -2.21. The predicted octanol–water partition coefficient (Wildman–Crippen LogP) is 3.92. The lowest BCUT2D eigenvalue weighted by molar-refractivity contribution is 0.191. The maximum absolute atomic E-state index is 11.6. The van der Waals surface area contributed by atoms with Gasteiger partial charge in [-0.3, -0.25) is 4.99 Å². The molecule has 1 atom stereocenters. The van der Waals surface area contributed by atoms with Gasteiger partial charge in [-0.2, -0.15) is 0 Å². The lowest BCUT2D eigenvalue weighted by Crippen LogP contribution is -2.41. The summed E-state index contributed by atoms with van der Waals surface area (Å²) < 4.78 is 29.5. The number of sulfone groups is 1. The second kappa shape index (κ2) is 11.5. The smallest absolute Gasteiger partial charge is 0.191 e. The van der Waals surface area contributed by atoms with Gasteiger partial charge in [-0.15, -0.1) is 24.0 Å². The van der Waals surface area contributed by atoms with E-state index < -0.39 is 9.84 Å². The Morgan fingerprint density at radius 2 is 1.90 bits per heavy atom. The molecule has 1 aliphatic carbocycles. The van der Waals surface area contributed by atoms with Crippen LogP contribution in [0.3, 0.4) is 0 Å². The van der Waals surface area contributed by atoms with Crippen LogP contribution in [0.4, 0.5) is 0 Å². The molecule has 1 aliphatic rings. The number of nitrogens with zero attached hydrogens (tertiary/aromatic N) is 1. The molecule has 0 radical (unpaired) electrons. The van der Waals surface area contributed by atoms with Crippen LogP contribution in [-0.2, 0) is 16.4 Å². The second-order valence-corrected chi connectivity index (χ2v) is 11.2. The lowest BCUT2D eigenvalue weighted by atomic mass is 10.1. The standard InChI is InChI=1S/C22H37N3O3S.HI/c1-16(2)11-18(4)28-20-12-17(3)7-8-19(20)13-24-21(23-5)25-14-22(9-10-22)15-29(6,26)27;/h7-8,12,16,18H,9-11,13-15H2,1-6H3,(H2,23,24,25);1H. The topological polar surface area (TPSA) is 79.8 Å². The summed E-state index contributed by atoms with van der Waals surface area (Å²) in [5.74, 6) is 2.39. The molecule has 0 aromatic heterocycles. The molecule has 0 aliphatic heterocycles.